The van der Waals surface area contributed by atoms with E-state index < -0.39 is 28.9 Å². The number of aromatic nitrogens is 2. The van der Waals surface area contributed by atoms with Crippen LogP contribution in [0.5, 0.6) is 0 Å². The monoisotopic (exact) mass is 1000 g/mol. The van der Waals surface area contributed by atoms with Gasteiger partial charge < -0.3 is 14.5 Å². The molecule has 3 N–H and O–H groups in total. The number of para-hydroxylation sites is 2. The van der Waals surface area contributed by atoms with E-state index in [1.54, 1.807) is 24.4 Å². The van der Waals surface area contributed by atoms with E-state index >= 15 is 0 Å². The summed E-state index contributed by atoms with van der Waals surface area (Å²) in [6, 6.07) is 13.8. The highest BCUT2D eigenvalue weighted by molar-refractivity contribution is 8.03. The predicted molar refractivity (Wildman–Crippen MR) is 227 cm³/mol. The molecule has 25 heteroatoms. The Kier molecular flexibility index (Phi) is 17.0. The zero-order valence-corrected chi connectivity index (χ0v) is 37.4. The summed E-state index contributed by atoms with van der Waals surface area (Å²) in [6.45, 7) is 2.48. The van der Waals surface area contributed by atoms with Gasteiger partial charge in [-0.15, -0.1) is 0 Å². The summed E-state index contributed by atoms with van der Waals surface area (Å²) >= 11 is 52.0. The number of benzene rings is 2. The molecule has 0 spiro atoms. The number of H-pyrrole nitrogens is 1. The number of anilines is 1. The number of allylic oxidation sites excluding steroid dienone is 1. The lowest BCUT2D eigenvalue weighted by molar-refractivity contribution is -0.133. The lowest BCUT2D eigenvalue weighted by Crippen LogP contribution is -2.39. The number of methoxy groups -OCH3 is 1. The van der Waals surface area contributed by atoms with Crippen molar-refractivity contribution in [2.45, 2.75) is 30.7 Å². The third kappa shape index (κ3) is 12.9. The van der Waals surface area contributed by atoms with Crippen molar-refractivity contribution >= 4 is 175 Å². The van der Waals surface area contributed by atoms with E-state index in [2.05, 4.69) is 24.9 Å². The van der Waals surface area contributed by atoms with Crippen LogP contribution in [0, 0.1) is 11.8 Å². The number of ether oxygens (including phenoxy) is 2. The Morgan fingerprint density at radius 3 is 2.05 bits per heavy atom. The number of hydrogen-bond acceptors (Lipinski definition) is 12. The Morgan fingerprint density at radius 2 is 1.54 bits per heavy atom. The van der Waals surface area contributed by atoms with Crippen molar-refractivity contribution in [3.8, 4) is 0 Å². The number of imide groups is 2. The summed E-state index contributed by atoms with van der Waals surface area (Å²) in [6.07, 6.45) is 6.24. The average molecular weight is 1010 g/mol. The number of alkyl halides is 9. The molecule has 3 aliphatic heterocycles. The van der Waals surface area contributed by atoms with Crippen molar-refractivity contribution in [3.63, 3.8) is 0 Å². The fourth-order valence-corrected chi connectivity index (χ4v) is 7.98. The van der Waals surface area contributed by atoms with Gasteiger partial charge in [0.15, 0.2) is 5.09 Å². The SMILES string of the molecule is CCOC1=CN(C(Cl)(Cl)Cl)NS1.COC(=O)Nc1nc2ccccc2[nH]1.O=C1C2C=CCCC2C(=O)N1SC(Cl)(Cl)Cl.O=C1c2ccccc2C(=O)N1C(Cl)(Cl)Cl. The van der Waals surface area contributed by atoms with Gasteiger partial charge in [-0.25, -0.2) is 19.0 Å². The summed E-state index contributed by atoms with van der Waals surface area (Å²) < 4.78 is 5.38. The average Bonchev–Trinajstić information content (AvgIpc) is 3.90. The summed E-state index contributed by atoms with van der Waals surface area (Å²) in [7, 11) is 1.30. The molecule has 2 atom stereocenters. The Morgan fingerprint density at radius 1 is 0.930 bits per heavy atom. The van der Waals surface area contributed by atoms with E-state index in [1.165, 1.54) is 36.2 Å². The van der Waals surface area contributed by atoms with Gasteiger partial charge in [-0.1, -0.05) is 141 Å². The Hall–Kier alpha value is -2.19. The van der Waals surface area contributed by atoms with Crippen molar-refractivity contribution in [1.82, 2.24) is 29.0 Å². The smallest absolute Gasteiger partial charge is 0.413 e. The molecule has 1 saturated heterocycles. The number of amides is 5. The number of nitrogens with zero attached hydrogens (tertiary/aromatic N) is 4. The highest BCUT2D eigenvalue weighted by atomic mass is 35.6. The summed E-state index contributed by atoms with van der Waals surface area (Å²) in [4.78, 5) is 68.5. The van der Waals surface area contributed by atoms with Crippen LogP contribution in [0.1, 0.15) is 40.5 Å². The molecule has 4 heterocycles. The summed E-state index contributed by atoms with van der Waals surface area (Å²) in [5.74, 6) is -1.99. The molecule has 5 amide bonds. The number of halogens is 9. The van der Waals surface area contributed by atoms with Crippen molar-refractivity contribution < 1.29 is 33.4 Å². The first-order chi connectivity index (χ1) is 26.7. The zero-order chi connectivity index (χ0) is 42.3. The molecule has 0 radical (unpaired) electrons. The molecule has 4 aliphatic rings. The number of hydrazine groups is 1. The van der Waals surface area contributed by atoms with Crippen LogP contribution in [0.25, 0.3) is 11.0 Å². The molecule has 14 nitrogen and oxygen atoms in total. The van der Waals surface area contributed by atoms with Gasteiger partial charge in [0.25, 0.3) is 22.8 Å². The Balaban J connectivity index is 0.000000169. The van der Waals surface area contributed by atoms with E-state index in [0.29, 0.717) is 40.9 Å². The quantitative estimate of drug-likeness (QED) is 0.0746. The molecule has 57 heavy (non-hydrogen) atoms. The summed E-state index contributed by atoms with van der Waals surface area (Å²) in [5, 5.41) is 4.48. The van der Waals surface area contributed by atoms with E-state index in [9.17, 15) is 24.0 Å². The second-order valence-electron chi connectivity index (χ2n) is 11.2. The third-order valence-electron chi connectivity index (χ3n) is 7.50. The standard InChI is InChI=1S/C9H8Cl3NO2S.C9H4Cl3NO2.C9H9N3O2.C5H7Cl3N2OS/c10-9(11,12)16-13-7(14)5-3-1-2-4-6(5)8(13)15;10-9(11,12)13-7(14)5-3-1-2-4-6(5)8(13)15;1-14-9(13)12-8-10-6-4-2-3-5-7(6)11-8;1-2-11-4-3-10(9-12-4)5(6,7)8/h1,3,5-6H,2,4H2;1-4H;2-5H,1H3,(H2,10,11,12,13);3,9H,2H2,1H3. The van der Waals surface area contributed by atoms with Crippen LogP contribution < -0.4 is 10.1 Å². The fraction of sp³-hybridized carbons (Fsp3) is 0.312. The van der Waals surface area contributed by atoms with Crippen molar-refractivity contribution in [3.05, 3.63) is 83.1 Å². The van der Waals surface area contributed by atoms with E-state index in [4.69, 9.17) is 109 Å². The highest BCUT2D eigenvalue weighted by Crippen LogP contribution is 2.46. The number of carbonyl (C=O) groups is 5. The third-order valence-corrected chi connectivity index (χ3v) is 10.6. The van der Waals surface area contributed by atoms with E-state index in [0.717, 1.165) is 21.8 Å². The lowest BCUT2D eigenvalue weighted by Gasteiger charge is -2.22. The minimum absolute atomic E-state index is 0.254. The van der Waals surface area contributed by atoms with Gasteiger partial charge in [-0.05, 0) is 44.0 Å². The number of hydrogen-bond donors (Lipinski definition) is 3. The van der Waals surface area contributed by atoms with Crippen LogP contribution in [-0.2, 0) is 19.1 Å². The van der Waals surface area contributed by atoms with Gasteiger partial charge in [0.2, 0.25) is 17.8 Å². The molecule has 0 saturated carbocycles. The minimum Gasteiger partial charge on any atom is -0.485 e. The lowest BCUT2D eigenvalue weighted by atomic mass is 9.86. The highest BCUT2D eigenvalue weighted by Gasteiger charge is 2.50. The van der Waals surface area contributed by atoms with Gasteiger partial charge in [0, 0.05) is 23.9 Å². The van der Waals surface area contributed by atoms with Crippen molar-refractivity contribution in [2.75, 3.05) is 19.0 Å². The van der Waals surface area contributed by atoms with E-state index in [1.807, 2.05) is 37.3 Å². The predicted octanol–water partition coefficient (Wildman–Crippen LogP) is 9.88. The molecule has 1 aliphatic carbocycles. The summed E-state index contributed by atoms with van der Waals surface area (Å²) in [5.41, 5.74) is 2.19. The largest absolute Gasteiger partial charge is 0.485 e. The molecular weight excluding hydrogens is 978 g/mol. The van der Waals surface area contributed by atoms with Crippen molar-refractivity contribution in [2.24, 2.45) is 11.8 Å². The van der Waals surface area contributed by atoms with E-state index in [-0.39, 0.29) is 34.8 Å². The van der Waals surface area contributed by atoms with Gasteiger partial charge >= 0.3 is 6.09 Å². The first-order valence-electron chi connectivity index (χ1n) is 15.9. The van der Waals surface area contributed by atoms with Crippen LogP contribution in [-0.4, -0.2) is 78.6 Å². The van der Waals surface area contributed by atoms with Gasteiger partial charge in [-0.2, -0.15) is 4.83 Å². The molecular formula is C32H28Cl9N7O7S2. The van der Waals surface area contributed by atoms with Crippen LogP contribution in [0.2, 0.25) is 0 Å². The molecule has 1 fully saturated rings. The van der Waals surface area contributed by atoms with Gasteiger partial charge in [-0.3, -0.25) is 29.5 Å². The van der Waals surface area contributed by atoms with Gasteiger partial charge in [0.1, 0.15) is 0 Å². The maximum absolute atomic E-state index is 11.9. The topological polar surface area (TPSA) is 166 Å². The van der Waals surface area contributed by atoms with Crippen LogP contribution in [0.15, 0.2) is 72.0 Å². The molecule has 1 aromatic heterocycles. The number of rotatable bonds is 4. The second kappa shape index (κ2) is 20.4. The number of carbonyl (C=O) groups excluding carboxylic acids is 5. The molecule has 7 rings (SSSR count). The number of imidazole rings is 1. The first kappa shape index (κ1) is 47.5. The molecule has 2 unspecified atom stereocenters. The zero-order valence-electron chi connectivity index (χ0n) is 29.0. The molecule has 0 bridgehead atoms. The van der Waals surface area contributed by atoms with Gasteiger partial charge in [0.05, 0.1) is 53.9 Å². The number of aromatic amines is 1. The fourth-order valence-electron chi connectivity index (χ4n) is 5.12. The molecule has 308 valence electrons. The maximum Gasteiger partial charge on any atom is 0.413 e. The Labute approximate surface area is 379 Å². The first-order valence-corrected chi connectivity index (χ1v) is 20.9. The normalized spacial score (nSPS) is 18.8. The number of nitrogens with one attached hydrogen (secondary N) is 3. The maximum atomic E-state index is 11.9. The van der Waals surface area contributed by atoms with Crippen LogP contribution in [0.4, 0.5) is 10.7 Å². The van der Waals surface area contributed by atoms with Crippen LogP contribution in [0.3, 0.4) is 0 Å². The van der Waals surface area contributed by atoms with Crippen LogP contribution >= 0.6 is 128 Å². The molecule has 3 aromatic rings. The molecule has 2 aromatic carbocycles. The minimum atomic E-state index is -2.05. The van der Waals surface area contributed by atoms with Crippen molar-refractivity contribution in [1.29, 1.82) is 0 Å². The number of fused-ring (bicyclic) bond motifs is 3. The Bertz CT molecular complexity index is 1970. The second-order valence-corrected chi connectivity index (χ2v) is 20.6.